The summed E-state index contributed by atoms with van der Waals surface area (Å²) in [7, 11) is 0. The van der Waals surface area contributed by atoms with Gasteiger partial charge in [0.1, 0.15) is 11.6 Å². The molecular formula is C13H13FN4O. The molecule has 2 aromatic heterocycles. The second-order valence-corrected chi connectivity index (χ2v) is 4.11. The van der Waals surface area contributed by atoms with Crippen LogP contribution in [0.3, 0.4) is 0 Å². The largest absolute Gasteiger partial charge is 0.397 e. The minimum Gasteiger partial charge on any atom is -0.397 e. The van der Waals surface area contributed by atoms with Crippen molar-refractivity contribution in [1.82, 2.24) is 9.97 Å². The number of carbonyl (C=O) groups is 1. The Kier molecular flexibility index (Phi) is 3.41. The highest BCUT2D eigenvalue weighted by molar-refractivity contribution is 6.05. The molecule has 98 valence electrons. The first-order chi connectivity index (χ1) is 8.97. The van der Waals surface area contributed by atoms with Gasteiger partial charge in [0, 0.05) is 5.69 Å². The first-order valence-corrected chi connectivity index (χ1v) is 5.65. The monoisotopic (exact) mass is 260 g/mol. The number of anilines is 2. The molecule has 0 saturated carbocycles. The molecular weight excluding hydrogens is 247 g/mol. The lowest BCUT2D eigenvalue weighted by atomic mass is 10.2. The number of nitrogens with zero attached hydrogens (tertiary/aromatic N) is 2. The van der Waals surface area contributed by atoms with E-state index in [9.17, 15) is 9.18 Å². The second kappa shape index (κ2) is 5.01. The van der Waals surface area contributed by atoms with Crippen molar-refractivity contribution in [1.29, 1.82) is 0 Å². The number of halogens is 1. The van der Waals surface area contributed by atoms with Gasteiger partial charge >= 0.3 is 0 Å². The summed E-state index contributed by atoms with van der Waals surface area (Å²) in [5, 5.41) is 2.54. The Morgan fingerprint density at radius 3 is 2.63 bits per heavy atom. The number of rotatable bonds is 2. The maximum atomic E-state index is 13.1. The zero-order valence-corrected chi connectivity index (χ0v) is 10.6. The number of aryl methyl sites for hydroxylation is 2. The molecule has 19 heavy (non-hydrogen) atoms. The molecule has 2 heterocycles. The lowest BCUT2D eigenvalue weighted by Gasteiger charge is -2.07. The third-order valence-electron chi connectivity index (χ3n) is 2.54. The van der Waals surface area contributed by atoms with Crippen LogP contribution in [0.15, 0.2) is 24.3 Å². The van der Waals surface area contributed by atoms with Crippen LogP contribution in [0, 0.1) is 19.7 Å². The number of carbonyl (C=O) groups excluding carboxylic acids is 1. The number of hydrogen-bond acceptors (Lipinski definition) is 4. The van der Waals surface area contributed by atoms with Crippen LogP contribution in [0.5, 0.6) is 0 Å². The molecule has 0 fully saturated rings. The average molecular weight is 260 g/mol. The summed E-state index contributed by atoms with van der Waals surface area (Å²) in [6.45, 7) is 3.28. The summed E-state index contributed by atoms with van der Waals surface area (Å²) in [5.41, 5.74) is 7.00. The summed E-state index contributed by atoms with van der Waals surface area (Å²) in [4.78, 5) is 20.0. The van der Waals surface area contributed by atoms with Crippen molar-refractivity contribution < 1.29 is 9.18 Å². The van der Waals surface area contributed by atoms with Gasteiger partial charge in [-0.15, -0.1) is 0 Å². The van der Waals surface area contributed by atoms with Crippen LogP contribution in [-0.2, 0) is 0 Å². The van der Waals surface area contributed by atoms with Crippen molar-refractivity contribution in [2.45, 2.75) is 13.8 Å². The van der Waals surface area contributed by atoms with Crippen LogP contribution in [0.2, 0.25) is 0 Å². The second-order valence-electron chi connectivity index (χ2n) is 4.11. The topological polar surface area (TPSA) is 80.9 Å². The fraction of sp³-hybridized carbons (Fsp3) is 0.154. The molecule has 0 aromatic carbocycles. The summed E-state index contributed by atoms with van der Waals surface area (Å²) >= 11 is 0. The van der Waals surface area contributed by atoms with Crippen molar-refractivity contribution in [2.24, 2.45) is 0 Å². The molecule has 0 aliphatic carbocycles. The Morgan fingerprint density at radius 2 is 1.95 bits per heavy atom. The Labute approximate surface area is 109 Å². The van der Waals surface area contributed by atoms with Gasteiger partial charge in [0.2, 0.25) is 0 Å². The molecule has 0 bridgehead atoms. The fourth-order valence-corrected chi connectivity index (χ4v) is 1.54. The molecule has 3 N–H and O–H groups in total. The van der Waals surface area contributed by atoms with Gasteiger partial charge in [0.05, 0.1) is 11.4 Å². The van der Waals surface area contributed by atoms with Gasteiger partial charge in [-0.3, -0.25) is 4.79 Å². The predicted octanol–water partition coefficient (Wildman–Crippen LogP) is 2.07. The van der Waals surface area contributed by atoms with Crippen LogP contribution < -0.4 is 11.1 Å². The maximum absolute atomic E-state index is 13.1. The quantitative estimate of drug-likeness (QED) is 0.866. The van der Waals surface area contributed by atoms with E-state index in [1.54, 1.807) is 19.1 Å². The van der Waals surface area contributed by atoms with Crippen LogP contribution in [0.4, 0.5) is 15.9 Å². The Bertz CT molecular complexity index is 643. The third kappa shape index (κ3) is 2.85. The highest BCUT2D eigenvalue weighted by atomic mass is 19.1. The van der Waals surface area contributed by atoms with E-state index in [1.807, 2.05) is 0 Å². The molecule has 0 spiro atoms. The minimum absolute atomic E-state index is 0.128. The Hall–Kier alpha value is -2.50. The molecule has 0 atom stereocenters. The van der Waals surface area contributed by atoms with E-state index >= 15 is 0 Å². The number of nitrogens with one attached hydrogen (secondary N) is 1. The number of aromatic nitrogens is 2. The van der Waals surface area contributed by atoms with E-state index in [1.165, 1.54) is 19.1 Å². The summed E-state index contributed by atoms with van der Waals surface area (Å²) < 4.78 is 13.1. The first kappa shape index (κ1) is 12.9. The van der Waals surface area contributed by atoms with E-state index in [-0.39, 0.29) is 22.9 Å². The zero-order chi connectivity index (χ0) is 14.0. The SMILES string of the molecule is Cc1ccc(N)c(C(=O)Nc2ccc(F)c(C)n2)n1. The van der Waals surface area contributed by atoms with Crippen LogP contribution in [0.1, 0.15) is 21.9 Å². The van der Waals surface area contributed by atoms with E-state index in [2.05, 4.69) is 15.3 Å². The molecule has 0 unspecified atom stereocenters. The fourth-order valence-electron chi connectivity index (χ4n) is 1.54. The molecule has 0 radical (unpaired) electrons. The molecule has 0 aliphatic heterocycles. The van der Waals surface area contributed by atoms with Crippen LogP contribution in [0.25, 0.3) is 0 Å². The smallest absolute Gasteiger partial charge is 0.277 e. The summed E-state index contributed by atoms with van der Waals surface area (Å²) in [6.07, 6.45) is 0. The van der Waals surface area contributed by atoms with E-state index in [0.29, 0.717) is 5.69 Å². The number of nitrogens with two attached hydrogens (primary N) is 1. The summed E-state index contributed by atoms with van der Waals surface area (Å²) in [5.74, 6) is -0.641. The number of pyridine rings is 2. The van der Waals surface area contributed by atoms with Gasteiger partial charge in [-0.2, -0.15) is 0 Å². The lowest BCUT2D eigenvalue weighted by Crippen LogP contribution is -2.17. The molecule has 5 nitrogen and oxygen atoms in total. The first-order valence-electron chi connectivity index (χ1n) is 5.65. The minimum atomic E-state index is -0.472. The van der Waals surface area contributed by atoms with Crippen molar-refractivity contribution >= 4 is 17.4 Å². The Morgan fingerprint density at radius 1 is 1.21 bits per heavy atom. The number of amides is 1. The predicted molar refractivity (Wildman–Crippen MR) is 70.3 cm³/mol. The molecule has 2 aromatic rings. The summed E-state index contributed by atoms with van der Waals surface area (Å²) in [6, 6.07) is 5.95. The van der Waals surface area contributed by atoms with Gasteiger partial charge in [-0.1, -0.05) is 0 Å². The van der Waals surface area contributed by atoms with E-state index < -0.39 is 11.7 Å². The van der Waals surface area contributed by atoms with Gasteiger partial charge < -0.3 is 11.1 Å². The highest BCUT2D eigenvalue weighted by Gasteiger charge is 2.13. The van der Waals surface area contributed by atoms with Gasteiger partial charge in [-0.05, 0) is 38.1 Å². The molecule has 2 rings (SSSR count). The maximum Gasteiger partial charge on any atom is 0.277 e. The van der Waals surface area contributed by atoms with Gasteiger partial charge in [0.25, 0.3) is 5.91 Å². The highest BCUT2D eigenvalue weighted by Crippen LogP contribution is 2.13. The van der Waals surface area contributed by atoms with Gasteiger partial charge in [-0.25, -0.2) is 14.4 Å². The number of hydrogen-bond donors (Lipinski definition) is 2. The van der Waals surface area contributed by atoms with Crippen molar-refractivity contribution in [3.63, 3.8) is 0 Å². The van der Waals surface area contributed by atoms with Crippen LogP contribution >= 0.6 is 0 Å². The lowest BCUT2D eigenvalue weighted by molar-refractivity contribution is 0.102. The third-order valence-corrected chi connectivity index (χ3v) is 2.54. The normalized spacial score (nSPS) is 10.3. The molecule has 0 saturated heterocycles. The molecule has 1 amide bonds. The average Bonchev–Trinajstić information content (AvgIpc) is 2.36. The van der Waals surface area contributed by atoms with Crippen molar-refractivity contribution in [3.8, 4) is 0 Å². The molecule has 6 heteroatoms. The van der Waals surface area contributed by atoms with Crippen LogP contribution in [-0.4, -0.2) is 15.9 Å². The standard InChI is InChI=1S/C13H13FN4O/c1-7-3-5-10(15)12(16-7)13(19)18-11-6-4-9(14)8(2)17-11/h3-6H,15H2,1-2H3,(H,17,18,19). The van der Waals surface area contributed by atoms with E-state index in [4.69, 9.17) is 5.73 Å². The van der Waals surface area contributed by atoms with E-state index in [0.717, 1.165) is 0 Å². The number of nitrogen functional groups attached to an aromatic ring is 1. The van der Waals surface area contributed by atoms with Gasteiger partial charge in [0.15, 0.2) is 5.69 Å². The van der Waals surface area contributed by atoms with Crippen molar-refractivity contribution in [2.75, 3.05) is 11.1 Å². The zero-order valence-electron chi connectivity index (χ0n) is 10.6. The molecule has 0 aliphatic rings. The van der Waals surface area contributed by atoms with Crippen molar-refractivity contribution in [3.05, 3.63) is 47.2 Å². The Balaban J connectivity index is 2.25.